The third kappa shape index (κ3) is 33.8. The van der Waals surface area contributed by atoms with Crippen LogP contribution in [0.5, 0.6) is 0 Å². The highest BCUT2D eigenvalue weighted by molar-refractivity contribution is 6.55. The van der Waals surface area contributed by atoms with Crippen molar-refractivity contribution in [1.29, 1.82) is 0 Å². The minimum atomic E-state index is -1.85. The van der Waals surface area contributed by atoms with Gasteiger partial charge in [-0.05, 0) is 62.5 Å². The number of aryl methyl sites for hydroxylation is 2. The second-order valence-corrected chi connectivity index (χ2v) is 12.7. The number of unbranched alkanes of at least 4 members (excludes halogenated alkanes) is 20. The summed E-state index contributed by atoms with van der Waals surface area (Å²) in [5, 5.41) is 22.1. The van der Waals surface area contributed by atoms with Crippen molar-refractivity contribution in [1.82, 2.24) is 0 Å². The standard InChI is InChI=1S/C14H21BO2.2C12H27N/c1-3-5-7-12-9-13(8-6-4-2)11-14(10-12)15(16)17;2*1-2-3-4-5-6-7-8-9-10-11-12-13/h9-11H,3-8H2,1-2H3;2*2-13H2,1H3/q-2;;/p+2. The van der Waals surface area contributed by atoms with Gasteiger partial charge in [0.05, 0.1) is 13.1 Å². The molecule has 0 radical (unpaired) electrons. The van der Waals surface area contributed by atoms with E-state index in [0.717, 1.165) is 62.7 Å². The molecule has 0 aliphatic rings. The Morgan fingerprint density at radius 1 is 0.419 bits per heavy atom. The molecule has 0 saturated heterocycles. The summed E-state index contributed by atoms with van der Waals surface area (Å²) in [6, 6.07) is 5.72. The predicted octanol–water partition coefficient (Wildman–Crippen LogP) is 7.09. The number of hydrogen-bond donors (Lipinski definition) is 2. The molecule has 254 valence electrons. The first-order chi connectivity index (χ1) is 21.0. The van der Waals surface area contributed by atoms with Gasteiger partial charge in [-0.15, -0.1) is 5.46 Å². The van der Waals surface area contributed by atoms with Gasteiger partial charge in [-0.3, -0.25) is 0 Å². The number of quaternary nitrogens is 2. The lowest BCUT2D eigenvalue weighted by Gasteiger charge is -2.28. The van der Waals surface area contributed by atoms with E-state index < -0.39 is 7.12 Å². The van der Waals surface area contributed by atoms with Crippen LogP contribution in [0.1, 0.15) is 193 Å². The van der Waals surface area contributed by atoms with Gasteiger partial charge in [0, 0.05) is 0 Å². The fraction of sp³-hybridized carbons (Fsp3) is 0.842. The molecule has 1 rings (SSSR count). The molecule has 0 atom stereocenters. The van der Waals surface area contributed by atoms with Crippen LogP contribution in [0.25, 0.3) is 0 Å². The van der Waals surface area contributed by atoms with E-state index in [-0.39, 0.29) is 0 Å². The van der Waals surface area contributed by atoms with Crippen LogP contribution >= 0.6 is 0 Å². The molecule has 0 fully saturated rings. The SMILES string of the molecule is CCCCCCCCCCCC[NH3+].CCCCCCCCCCCC[NH3+].CCCCc1cc(CCCC)cc(B([O-])[O-])c1. The lowest BCUT2D eigenvalue weighted by molar-refractivity contribution is -0.368. The van der Waals surface area contributed by atoms with Crippen LogP contribution in [-0.4, -0.2) is 20.2 Å². The third-order valence-electron chi connectivity index (χ3n) is 8.19. The van der Waals surface area contributed by atoms with E-state index in [1.807, 2.05) is 0 Å². The quantitative estimate of drug-likeness (QED) is 0.0828. The summed E-state index contributed by atoms with van der Waals surface area (Å²) >= 11 is 0. The van der Waals surface area contributed by atoms with E-state index in [0.29, 0.717) is 5.46 Å². The van der Waals surface area contributed by atoms with Crippen molar-refractivity contribution in [2.24, 2.45) is 0 Å². The van der Waals surface area contributed by atoms with Gasteiger partial charge in [0.15, 0.2) is 0 Å². The Bertz CT molecular complexity index is 589. The normalized spacial score (nSPS) is 10.6. The second-order valence-electron chi connectivity index (χ2n) is 12.7. The number of benzene rings is 1. The minimum Gasteiger partial charge on any atom is -0.889 e. The highest BCUT2D eigenvalue weighted by atomic mass is 16.4. The van der Waals surface area contributed by atoms with E-state index in [1.54, 1.807) is 12.1 Å². The summed E-state index contributed by atoms with van der Waals surface area (Å²) in [5.74, 6) is 0. The third-order valence-corrected chi connectivity index (χ3v) is 8.19. The van der Waals surface area contributed by atoms with Crippen LogP contribution in [0.2, 0.25) is 0 Å². The summed E-state index contributed by atoms with van der Waals surface area (Å²) < 4.78 is 0. The van der Waals surface area contributed by atoms with E-state index in [1.165, 1.54) is 128 Å². The summed E-state index contributed by atoms with van der Waals surface area (Å²) in [7, 11) is -1.85. The van der Waals surface area contributed by atoms with Gasteiger partial charge in [0.1, 0.15) is 0 Å². The Labute approximate surface area is 270 Å². The first-order valence-electron chi connectivity index (χ1n) is 19.0. The number of rotatable bonds is 27. The first-order valence-corrected chi connectivity index (χ1v) is 19.0. The topological polar surface area (TPSA) is 101 Å². The van der Waals surface area contributed by atoms with Crippen molar-refractivity contribution < 1.29 is 21.5 Å². The monoisotopic (exact) mass is 605 g/mol. The fourth-order valence-electron chi connectivity index (χ4n) is 5.31. The summed E-state index contributed by atoms with van der Waals surface area (Å²) in [4.78, 5) is 0. The molecule has 0 aliphatic carbocycles. The molecule has 0 bridgehead atoms. The van der Waals surface area contributed by atoms with Crippen LogP contribution in [0, 0.1) is 0 Å². The Kier molecular flexibility index (Phi) is 38.4. The molecule has 1 aromatic carbocycles. The van der Waals surface area contributed by atoms with Crippen LogP contribution in [0.15, 0.2) is 18.2 Å². The molecule has 6 N–H and O–H groups in total. The average molecular weight is 605 g/mol. The maximum atomic E-state index is 11.0. The van der Waals surface area contributed by atoms with Crippen LogP contribution in [0.4, 0.5) is 0 Å². The van der Waals surface area contributed by atoms with Crippen molar-refractivity contribution in [3.63, 3.8) is 0 Å². The summed E-state index contributed by atoms with van der Waals surface area (Å²) in [6.45, 7) is 11.1. The van der Waals surface area contributed by atoms with Crippen molar-refractivity contribution in [3.05, 3.63) is 29.3 Å². The van der Waals surface area contributed by atoms with Crippen LogP contribution in [-0.2, 0) is 12.8 Å². The smallest absolute Gasteiger partial charge is 0.0739 e. The molecular weight excluding hydrogens is 527 g/mol. The van der Waals surface area contributed by atoms with Gasteiger partial charge in [-0.2, -0.15) is 0 Å². The molecule has 5 heteroatoms. The summed E-state index contributed by atoms with van der Waals surface area (Å²) in [6.07, 6.45) is 34.9. The molecule has 0 spiro atoms. The van der Waals surface area contributed by atoms with Gasteiger partial charge in [-0.25, -0.2) is 0 Å². The molecule has 43 heavy (non-hydrogen) atoms. The highest BCUT2D eigenvalue weighted by Crippen LogP contribution is 2.12. The van der Waals surface area contributed by atoms with Gasteiger partial charge in [0.25, 0.3) is 0 Å². The van der Waals surface area contributed by atoms with Gasteiger partial charge < -0.3 is 21.5 Å². The number of hydrogen-bond acceptors (Lipinski definition) is 2. The van der Waals surface area contributed by atoms with E-state index in [2.05, 4.69) is 45.2 Å². The maximum Gasteiger partial charge on any atom is 0.0739 e. The van der Waals surface area contributed by atoms with Gasteiger partial charge >= 0.3 is 0 Å². The minimum absolute atomic E-state index is 0.407. The first kappa shape index (κ1) is 44.3. The highest BCUT2D eigenvalue weighted by Gasteiger charge is 2.00. The summed E-state index contributed by atoms with van der Waals surface area (Å²) in [5.41, 5.74) is 10.4. The van der Waals surface area contributed by atoms with Crippen LogP contribution in [0.3, 0.4) is 0 Å². The van der Waals surface area contributed by atoms with Gasteiger partial charge in [-0.1, -0.05) is 169 Å². The molecule has 0 heterocycles. The fourth-order valence-corrected chi connectivity index (χ4v) is 5.31. The molecule has 0 unspecified atom stereocenters. The largest absolute Gasteiger partial charge is 0.889 e. The molecule has 0 amide bonds. The van der Waals surface area contributed by atoms with Crippen LogP contribution < -0.4 is 27.0 Å². The van der Waals surface area contributed by atoms with Crippen molar-refractivity contribution in [2.75, 3.05) is 13.1 Å². The lowest BCUT2D eigenvalue weighted by atomic mass is 9.78. The molecule has 0 aromatic heterocycles. The Morgan fingerprint density at radius 3 is 0.953 bits per heavy atom. The van der Waals surface area contributed by atoms with Crippen molar-refractivity contribution >= 4 is 12.6 Å². The molecule has 1 aromatic rings. The average Bonchev–Trinajstić information content (AvgIpc) is 3.02. The molecular formula is C38H77BN2O2. The van der Waals surface area contributed by atoms with Gasteiger partial charge in [0.2, 0.25) is 0 Å². The second kappa shape index (κ2) is 37.3. The zero-order chi connectivity index (χ0) is 32.2. The van der Waals surface area contributed by atoms with E-state index >= 15 is 0 Å². The maximum absolute atomic E-state index is 11.0. The van der Waals surface area contributed by atoms with E-state index in [4.69, 9.17) is 0 Å². The van der Waals surface area contributed by atoms with Crippen molar-refractivity contribution in [3.8, 4) is 0 Å². The Morgan fingerprint density at radius 2 is 0.698 bits per heavy atom. The zero-order valence-corrected chi connectivity index (χ0v) is 29.8. The predicted molar refractivity (Wildman–Crippen MR) is 188 cm³/mol. The zero-order valence-electron chi connectivity index (χ0n) is 29.8. The Hall–Kier alpha value is -0.875. The van der Waals surface area contributed by atoms with Crippen molar-refractivity contribution in [2.45, 2.75) is 195 Å². The van der Waals surface area contributed by atoms with E-state index in [9.17, 15) is 10.0 Å². The molecule has 4 nitrogen and oxygen atoms in total. The molecule has 0 aliphatic heterocycles. The lowest BCUT2D eigenvalue weighted by Crippen LogP contribution is -2.55. The Balaban J connectivity index is 0. The molecule has 0 saturated carbocycles.